The van der Waals surface area contributed by atoms with E-state index in [1.165, 1.54) is 18.1 Å². The van der Waals surface area contributed by atoms with E-state index in [4.69, 9.17) is 13.8 Å². The molecule has 5 nitrogen and oxygen atoms in total. The van der Waals surface area contributed by atoms with Crippen LogP contribution < -0.4 is 0 Å². The third kappa shape index (κ3) is 10.7. The number of carboxylic acid groups (broad SMARTS) is 1. The minimum absolute atomic E-state index is 0.0709. The Labute approximate surface area is 247 Å². The Morgan fingerprint density at radius 2 is 1.59 bits per heavy atom. The maximum atomic E-state index is 11.3. The molecule has 0 saturated carbocycles. The van der Waals surface area contributed by atoms with Gasteiger partial charge in [0.25, 0.3) is 0 Å². The Balaban J connectivity index is 3.25. The first-order chi connectivity index (χ1) is 17.7. The smallest absolute Gasteiger partial charge is 0.331 e. The van der Waals surface area contributed by atoms with E-state index in [0.29, 0.717) is 11.5 Å². The summed E-state index contributed by atoms with van der Waals surface area (Å²) >= 11 is 1.76. The van der Waals surface area contributed by atoms with Gasteiger partial charge in [0.1, 0.15) is 0 Å². The zero-order valence-electron chi connectivity index (χ0n) is 27.7. The normalized spacial score (nSPS) is 20.9. The van der Waals surface area contributed by atoms with E-state index < -0.39 is 22.6 Å². The summed E-state index contributed by atoms with van der Waals surface area (Å²) in [5.74, 6) is 0.534. The second-order valence-electron chi connectivity index (χ2n) is 14.5. The van der Waals surface area contributed by atoms with Gasteiger partial charge in [-0.1, -0.05) is 76.2 Å². The molecule has 0 aromatic heterocycles. The topological polar surface area (TPSA) is 68.1 Å². The van der Waals surface area contributed by atoms with E-state index in [9.17, 15) is 9.90 Å². The van der Waals surface area contributed by atoms with Crippen molar-refractivity contribution in [2.24, 2.45) is 22.2 Å². The maximum absolute atomic E-state index is 11.3. The molecule has 0 spiro atoms. The van der Waals surface area contributed by atoms with Gasteiger partial charge < -0.3 is 14.0 Å². The highest BCUT2D eigenvalue weighted by Gasteiger charge is 2.42. The number of carbonyl (C=O) groups is 1. The van der Waals surface area contributed by atoms with Crippen molar-refractivity contribution in [3.8, 4) is 0 Å². The molecule has 0 bridgehead atoms. The third-order valence-corrected chi connectivity index (χ3v) is 19.7. The van der Waals surface area contributed by atoms with Gasteiger partial charge in [0.15, 0.2) is 16.6 Å². The van der Waals surface area contributed by atoms with Gasteiger partial charge >= 0.3 is 5.97 Å². The van der Waals surface area contributed by atoms with E-state index in [2.05, 4.69) is 89.3 Å². The highest BCUT2D eigenvalue weighted by molar-refractivity contribution is 8.14. The van der Waals surface area contributed by atoms with Gasteiger partial charge in [-0.05, 0) is 73.4 Å². The molecule has 1 N–H and O–H groups in total. The zero-order valence-corrected chi connectivity index (χ0v) is 30.6. The summed E-state index contributed by atoms with van der Waals surface area (Å²) in [6.07, 6.45) is 4.09. The lowest BCUT2D eigenvalue weighted by atomic mass is 9.82. The predicted molar refractivity (Wildman–Crippen MR) is 176 cm³/mol. The molecule has 0 aromatic rings. The molecule has 8 heteroatoms. The second-order valence-corrected chi connectivity index (χ2v) is 25.0. The Morgan fingerprint density at radius 1 is 1.05 bits per heavy atom. The SMILES string of the molecule is CC[Si](CC)(CC)O[C@@H](C[C@@H](C)C[C@H](O[Si](C)(C)C(C)(C)C)[C@H](C)C1=N[C@@H](/C=C(\C)C(=O)O)CS1)C(C)(C)C. The van der Waals surface area contributed by atoms with Crippen LogP contribution in [0.3, 0.4) is 0 Å². The van der Waals surface area contributed by atoms with Crippen molar-refractivity contribution < 1.29 is 18.8 Å². The lowest BCUT2D eigenvalue weighted by Crippen LogP contribution is -2.47. The maximum Gasteiger partial charge on any atom is 0.331 e. The Kier molecular flexibility index (Phi) is 13.8. The van der Waals surface area contributed by atoms with Crippen molar-refractivity contribution in [1.29, 1.82) is 0 Å². The molecule has 0 fully saturated rings. The monoisotopic (exact) mass is 599 g/mol. The van der Waals surface area contributed by atoms with Gasteiger partial charge in [0.05, 0.1) is 23.3 Å². The highest BCUT2D eigenvalue weighted by Crippen LogP contribution is 2.41. The minimum atomic E-state index is -2.02. The number of rotatable bonds is 15. The Hall–Kier alpha value is -0.416. The van der Waals surface area contributed by atoms with E-state index in [0.717, 1.165) is 23.6 Å². The van der Waals surface area contributed by atoms with Crippen molar-refractivity contribution >= 4 is 39.4 Å². The third-order valence-electron chi connectivity index (χ3n) is 9.22. The van der Waals surface area contributed by atoms with Gasteiger partial charge in [-0.15, -0.1) is 11.8 Å². The molecular weight excluding hydrogens is 539 g/mol. The number of aliphatic imine (C=N–C) groups is 1. The molecule has 0 radical (unpaired) electrons. The predicted octanol–water partition coefficient (Wildman–Crippen LogP) is 9.41. The van der Waals surface area contributed by atoms with E-state index in [1.807, 2.05) is 0 Å². The van der Waals surface area contributed by atoms with Crippen molar-refractivity contribution in [3.63, 3.8) is 0 Å². The molecule has 228 valence electrons. The first-order valence-electron chi connectivity index (χ1n) is 15.2. The van der Waals surface area contributed by atoms with Crippen molar-refractivity contribution in [2.45, 2.75) is 150 Å². The summed E-state index contributed by atoms with van der Waals surface area (Å²) in [6.45, 7) is 31.8. The molecular formula is C31H61NO4SSi2. The van der Waals surface area contributed by atoms with Gasteiger partial charge in [-0.25, -0.2) is 4.79 Å². The summed E-state index contributed by atoms with van der Waals surface area (Å²) in [6, 6.07) is 3.43. The van der Waals surface area contributed by atoms with Crippen molar-refractivity contribution in [3.05, 3.63) is 11.6 Å². The number of carboxylic acids is 1. The molecule has 0 amide bonds. The number of hydrogen-bond acceptors (Lipinski definition) is 5. The quantitative estimate of drug-likeness (QED) is 0.150. The summed E-state index contributed by atoms with van der Waals surface area (Å²) in [5, 5.41) is 10.5. The first-order valence-corrected chi connectivity index (χ1v) is 21.6. The van der Waals surface area contributed by atoms with Crippen molar-refractivity contribution in [1.82, 2.24) is 0 Å². The lowest BCUT2D eigenvalue weighted by Gasteiger charge is -2.43. The number of aliphatic carboxylic acids is 1. The minimum Gasteiger partial charge on any atom is -0.478 e. The summed E-state index contributed by atoms with van der Waals surface area (Å²) in [5.41, 5.74) is 0.445. The van der Waals surface area contributed by atoms with Crippen LogP contribution in [-0.4, -0.2) is 56.8 Å². The van der Waals surface area contributed by atoms with Gasteiger partial charge in [0, 0.05) is 17.2 Å². The van der Waals surface area contributed by atoms with E-state index in [-0.39, 0.29) is 34.6 Å². The van der Waals surface area contributed by atoms with Crippen LogP contribution in [0.15, 0.2) is 16.6 Å². The van der Waals surface area contributed by atoms with E-state index >= 15 is 0 Å². The van der Waals surface area contributed by atoms with Gasteiger partial charge in [-0.3, -0.25) is 4.99 Å². The first kappa shape index (κ1) is 36.6. The molecule has 1 aliphatic rings. The molecule has 0 saturated heterocycles. The summed E-state index contributed by atoms with van der Waals surface area (Å²) in [7, 11) is -3.74. The Morgan fingerprint density at radius 3 is 2.03 bits per heavy atom. The fourth-order valence-corrected chi connectivity index (χ4v) is 10.5. The fourth-order valence-electron chi connectivity index (χ4n) is 4.91. The van der Waals surface area contributed by atoms with E-state index in [1.54, 1.807) is 24.8 Å². The highest BCUT2D eigenvalue weighted by atomic mass is 32.2. The van der Waals surface area contributed by atoms with Crippen LogP contribution in [0.5, 0.6) is 0 Å². The summed E-state index contributed by atoms with van der Waals surface area (Å²) in [4.78, 5) is 16.3. The average molecular weight is 600 g/mol. The molecule has 5 atom stereocenters. The van der Waals surface area contributed by atoms with Crippen LogP contribution >= 0.6 is 11.8 Å². The zero-order chi connectivity index (χ0) is 30.4. The van der Waals surface area contributed by atoms with Crippen LogP contribution in [-0.2, 0) is 13.6 Å². The van der Waals surface area contributed by atoms with Gasteiger partial charge in [0.2, 0.25) is 0 Å². The fraction of sp³-hybridized carbons (Fsp3) is 0.871. The van der Waals surface area contributed by atoms with Crippen molar-refractivity contribution in [2.75, 3.05) is 5.75 Å². The van der Waals surface area contributed by atoms with Crippen LogP contribution in [0.25, 0.3) is 0 Å². The Bertz CT molecular complexity index is 847. The molecule has 1 rings (SSSR count). The lowest BCUT2D eigenvalue weighted by molar-refractivity contribution is -0.132. The molecule has 0 aromatic carbocycles. The van der Waals surface area contributed by atoms with Crippen LogP contribution in [0.2, 0.25) is 36.3 Å². The number of thioether (sulfide) groups is 1. The molecule has 0 aliphatic carbocycles. The second kappa shape index (κ2) is 14.7. The average Bonchev–Trinajstić information content (AvgIpc) is 3.27. The van der Waals surface area contributed by atoms with Crippen LogP contribution in [0.4, 0.5) is 0 Å². The molecule has 0 unspecified atom stereocenters. The molecule has 39 heavy (non-hydrogen) atoms. The largest absolute Gasteiger partial charge is 0.478 e. The molecule has 1 aliphatic heterocycles. The molecule has 1 heterocycles. The number of hydrogen-bond donors (Lipinski definition) is 1. The summed E-state index contributed by atoms with van der Waals surface area (Å²) < 4.78 is 14.2. The number of nitrogens with zero attached hydrogens (tertiary/aromatic N) is 1. The standard InChI is InChI=1S/C31H61NO4SSi2/c1-15-39(16-2,17-3)36-27(30(7,8)9)19-22(4)18-26(35-38(13,14)31(10,11)12)24(6)28-32-25(21-37-28)20-23(5)29(33)34/h20,22,24-27H,15-19,21H2,1-14H3,(H,33,34)/b23-20+/t22-,24-,25-,26-,27-/m0/s1. The van der Waals surface area contributed by atoms with Crippen LogP contribution in [0.1, 0.15) is 95.9 Å². The van der Waals surface area contributed by atoms with Crippen LogP contribution in [0, 0.1) is 17.3 Å². The van der Waals surface area contributed by atoms with Gasteiger partial charge in [-0.2, -0.15) is 0 Å².